The minimum absolute atomic E-state index is 0.0648. The number of carbonyl (C=O) groups is 1. The first-order valence-corrected chi connectivity index (χ1v) is 9.91. The molecule has 0 spiro atoms. The topological polar surface area (TPSA) is 85.1 Å². The molecule has 0 atom stereocenters. The van der Waals surface area contributed by atoms with E-state index in [9.17, 15) is 14.9 Å². The van der Waals surface area contributed by atoms with Gasteiger partial charge in [0.25, 0.3) is 11.6 Å². The van der Waals surface area contributed by atoms with Gasteiger partial charge < -0.3 is 5.32 Å². The van der Waals surface area contributed by atoms with Crippen LogP contribution in [-0.2, 0) is 0 Å². The molecule has 3 aromatic carbocycles. The number of halogens is 2. The zero-order valence-corrected chi connectivity index (χ0v) is 16.9. The fourth-order valence-electron chi connectivity index (χ4n) is 2.81. The molecule has 0 saturated carbocycles. The van der Waals surface area contributed by atoms with Crippen molar-refractivity contribution in [1.29, 1.82) is 0 Å². The lowest BCUT2D eigenvalue weighted by molar-refractivity contribution is -0.385. The maximum atomic E-state index is 12.6. The standard InChI is InChI=1S/C20H11Cl2N3O3S/c21-13-10-14(22)16(23-19(26)11-5-1-3-7-17(11)25(27)28)9-12(13)20-24-15-6-2-4-8-18(15)29-20/h1-10H,(H,23,26). The molecule has 0 saturated heterocycles. The largest absolute Gasteiger partial charge is 0.320 e. The summed E-state index contributed by atoms with van der Waals surface area (Å²) in [7, 11) is 0. The number of para-hydroxylation sites is 2. The maximum absolute atomic E-state index is 12.6. The molecule has 1 amide bonds. The second-order valence-corrected chi connectivity index (χ2v) is 7.87. The van der Waals surface area contributed by atoms with Crippen LogP contribution < -0.4 is 5.32 Å². The molecule has 0 bridgehead atoms. The van der Waals surface area contributed by atoms with Crippen molar-refractivity contribution < 1.29 is 9.72 Å². The highest BCUT2D eigenvalue weighted by atomic mass is 35.5. The van der Waals surface area contributed by atoms with Gasteiger partial charge in [-0.1, -0.05) is 47.5 Å². The lowest BCUT2D eigenvalue weighted by Crippen LogP contribution is -2.14. The van der Waals surface area contributed by atoms with Crippen molar-refractivity contribution in [2.45, 2.75) is 0 Å². The number of amides is 1. The first-order chi connectivity index (χ1) is 13.9. The number of aromatic nitrogens is 1. The molecule has 1 N–H and O–H groups in total. The van der Waals surface area contributed by atoms with Crippen molar-refractivity contribution in [3.63, 3.8) is 0 Å². The van der Waals surface area contributed by atoms with Gasteiger partial charge in [0.1, 0.15) is 10.6 Å². The molecule has 0 aliphatic carbocycles. The molecule has 6 nitrogen and oxygen atoms in total. The van der Waals surface area contributed by atoms with Crippen LogP contribution in [0.3, 0.4) is 0 Å². The molecule has 4 aromatic rings. The Morgan fingerprint density at radius 2 is 1.76 bits per heavy atom. The van der Waals surface area contributed by atoms with Crippen LogP contribution in [0.4, 0.5) is 11.4 Å². The van der Waals surface area contributed by atoms with Gasteiger partial charge >= 0.3 is 0 Å². The SMILES string of the molecule is O=C(Nc1cc(-c2nc3ccccc3s2)c(Cl)cc1Cl)c1ccccc1[N+](=O)[O-]. The van der Waals surface area contributed by atoms with Gasteiger partial charge in [-0.2, -0.15) is 0 Å². The third-order valence-electron chi connectivity index (χ3n) is 4.17. The average Bonchev–Trinajstić information content (AvgIpc) is 3.13. The van der Waals surface area contributed by atoms with Crippen LogP contribution in [0.5, 0.6) is 0 Å². The summed E-state index contributed by atoms with van der Waals surface area (Å²) < 4.78 is 0.999. The summed E-state index contributed by atoms with van der Waals surface area (Å²) in [5, 5.41) is 15.1. The van der Waals surface area contributed by atoms with Crippen LogP contribution in [0, 0.1) is 10.1 Å². The van der Waals surface area contributed by atoms with Crippen molar-refractivity contribution in [2.75, 3.05) is 5.32 Å². The summed E-state index contributed by atoms with van der Waals surface area (Å²) in [6.45, 7) is 0. The van der Waals surface area contributed by atoms with E-state index >= 15 is 0 Å². The summed E-state index contributed by atoms with van der Waals surface area (Å²) in [4.78, 5) is 27.8. The van der Waals surface area contributed by atoms with Crippen molar-refractivity contribution in [3.05, 3.63) is 86.4 Å². The van der Waals surface area contributed by atoms with Crippen molar-refractivity contribution in [1.82, 2.24) is 4.98 Å². The Kier molecular flexibility index (Phi) is 5.19. The highest BCUT2D eigenvalue weighted by Gasteiger charge is 2.21. The zero-order chi connectivity index (χ0) is 20.5. The number of nitro groups is 1. The molecule has 1 heterocycles. The average molecular weight is 444 g/mol. The number of anilines is 1. The smallest absolute Gasteiger partial charge is 0.282 e. The zero-order valence-electron chi connectivity index (χ0n) is 14.6. The van der Waals surface area contributed by atoms with Crippen LogP contribution in [0.15, 0.2) is 60.7 Å². The van der Waals surface area contributed by atoms with E-state index < -0.39 is 10.8 Å². The van der Waals surface area contributed by atoms with E-state index in [0.29, 0.717) is 15.6 Å². The highest BCUT2D eigenvalue weighted by molar-refractivity contribution is 7.21. The number of benzene rings is 3. The Morgan fingerprint density at radius 3 is 2.52 bits per heavy atom. The first kappa shape index (κ1) is 19.3. The predicted octanol–water partition coefficient (Wildman–Crippen LogP) is 6.43. The van der Waals surface area contributed by atoms with Crippen LogP contribution >= 0.6 is 34.5 Å². The van der Waals surface area contributed by atoms with Crippen molar-refractivity contribution in [3.8, 4) is 10.6 Å². The second kappa shape index (κ2) is 7.79. The maximum Gasteiger partial charge on any atom is 0.282 e. The quantitative estimate of drug-likeness (QED) is 0.290. The number of hydrogen-bond donors (Lipinski definition) is 1. The molecular formula is C20H11Cl2N3O3S. The molecular weight excluding hydrogens is 433 g/mol. The van der Waals surface area contributed by atoms with Gasteiger partial charge in [0.2, 0.25) is 0 Å². The van der Waals surface area contributed by atoms with Gasteiger partial charge in [-0.3, -0.25) is 14.9 Å². The molecule has 144 valence electrons. The lowest BCUT2D eigenvalue weighted by atomic mass is 10.1. The summed E-state index contributed by atoms with van der Waals surface area (Å²) in [5.41, 5.74) is 1.37. The molecule has 0 unspecified atom stereocenters. The fraction of sp³-hybridized carbons (Fsp3) is 0. The molecule has 0 aliphatic rings. The Morgan fingerprint density at radius 1 is 1.03 bits per heavy atom. The van der Waals surface area contributed by atoms with Crippen LogP contribution in [0.2, 0.25) is 10.0 Å². The first-order valence-electron chi connectivity index (χ1n) is 8.34. The molecule has 4 rings (SSSR count). The number of nitrogens with zero attached hydrogens (tertiary/aromatic N) is 2. The Balaban J connectivity index is 1.73. The van der Waals surface area contributed by atoms with Crippen LogP contribution in [0.1, 0.15) is 10.4 Å². The monoisotopic (exact) mass is 443 g/mol. The molecule has 0 aliphatic heterocycles. The van der Waals surface area contributed by atoms with E-state index in [1.54, 1.807) is 12.1 Å². The summed E-state index contributed by atoms with van der Waals surface area (Å²) in [6.07, 6.45) is 0. The van der Waals surface area contributed by atoms with Gasteiger partial charge in [0, 0.05) is 11.6 Å². The number of fused-ring (bicyclic) bond motifs is 1. The van der Waals surface area contributed by atoms with Gasteiger partial charge in [0.15, 0.2) is 0 Å². The summed E-state index contributed by atoms with van der Waals surface area (Å²) >= 11 is 14.1. The second-order valence-electron chi connectivity index (χ2n) is 6.03. The van der Waals surface area contributed by atoms with Crippen LogP contribution in [0.25, 0.3) is 20.8 Å². The molecule has 0 radical (unpaired) electrons. The molecule has 1 aromatic heterocycles. The lowest BCUT2D eigenvalue weighted by Gasteiger charge is -2.10. The van der Waals surface area contributed by atoms with E-state index in [0.717, 1.165) is 10.2 Å². The number of rotatable bonds is 4. The molecule has 0 fully saturated rings. The normalized spacial score (nSPS) is 10.8. The Labute approximate surface area is 178 Å². The third-order valence-corrected chi connectivity index (χ3v) is 5.87. The van der Waals surface area contributed by atoms with Crippen molar-refractivity contribution >= 4 is 62.0 Å². The Hall–Kier alpha value is -3.00. The fourth-order valence-corrected chi connectivity index (χ4v) is 4.38. The summed E-state index contributed by atoms with van der Waals surface area (Å²) in [5.74, 6) is -0.642. The molecule has 29 heavy (non-hydrogen) atoms. The molecule has 9 heteroatoms. The van der Waals surface area contributed by atoms with Crippen LogP contribution in [-0.4, -0.2) is 15.8 Å². The minimum atomic E-state index is -0.642. The van der Waals surface area contributed by atoms with Gasteiger partial charge in [-0.25, -0.2) is 4.98 Å². The number of carbonyl (C=O) groups excluding carboxylic acids is 1. The van der Waals surface area contributed by atoms with E-state index in [1.807, 2.05) is 24.3 Å². The van der Waals surface area contributed by atoms with Crippen molar-refractivity contribution in [2.24, 2.45) is 0 Å². The Bertz CT molecular complexity index is 1240. The third kappa shape index (κ3) is 3.80. The van der Waals surface area contributed by atoms with E-state index in [4.69, 9.17) is 23.2 Å². The van der Waals surface area contributed by atoms with E-state index in [2.05, 4.69) is 10.3 Å². The highest BCUT2D eigenvalue weighted by Crippen LogP contribution is 2.39. The van der Waals surface area contributed by atoms with E-state index in [1.165, 1.54) is 35.6 Å². The number of thiazole rings is 1. The number of nitrogens with one attached hydrogen (secondary N) is 1. The van der Waals surface area contributed by atoms with E-state index in [-0.39, 0.29) is 22.0 Å². The van der Waals surface area contributed by atoms with Gasteiger partial charge in [0.05, 0.1) is 30.9 Å². The summed E-state index contributed by atoms with van der Waals surface area (Å²) in [6, 6.07) is 16.5. The number of hydrogen-bond acceptors (Lipinski definition) is 5. The van der Waals surface area contributed by atoms with Gasteiger partial charge in [-0.05, 0) is 30.3 Å². The number of nitro benzene ring substituents is 1. The van der Waals surface area contributed by atoms with Gasteiger partial charge in [-0.15, -0.1) is 11.3 Å². The predicted molar refractivity (Wildman–Crippen MR) is 116 cm³/mol. The minimum Gasteiger partial charge on any atom is -0.320 e.